The monoisotopic (exact) mass is 443 g/mol. The minimum atomic E-state index is -1.04. The minimum Gasteiger partial charge on any atom is -0.479 e. The predicted octanol–water partition coefficient (Wildman–Crippen LogP) is 7.00. The second-order valence-corrected chi connectivity index (χ2v) is 9.89. The third-order valence-electron chi connectivity index (χ3n) is 6.12. The molecule has 0 aromatic heterocycles. The number of rotatable bonds is 5. The van der Waals surface area contributed by atoms with Crippen molar-refractivity contribution >= 4 is 17.3 Å². The number of hydrogen-bond donors (Lipinski definition) is 1. The predicted molar refractivity (Wildman–Crippen MR) is 134 cm³/mol. The van der Waals surface area contributed by atoms with Crippen LogP contribution in [0.4, 0.5) is 11.4 Å². The molecule has 0 spiro atoms. The number of anilines is 2. The van der Waals surface area contributed by atoms with Gasteiger partial charge in [0.25, 0.3) is 0 Å². The maximum Gasteiger partial charge on any atom is 0.337 e. The molecule has 0 saturated heterocycles. The van der Waals surface area contributed by atoms with Crippen LogP contribution in [0.1, 0.15) is 55.5 Å². The Kier molecular flexibility index (Phi) is 6.31. The number of nitrogens with zero attached hydrogens (tertiary/aromatic N) is 1. The maximum atomic E-state index is 12.5. The summed E-state index contributed by atoms with van der Waals surface area (Å²) in [4.78, 5) is 14.8. The molecular formula is C29H33NO3. The Morgan fingerprint density at radius 1 is 1.03 bits per heavy atom. The van der Waals surface area contributed by atoms with Gasteiger partial charge in [-0.3, -0.25) is 0 Å². The molecule has 3 aromatic rings. The molecule has 33 heavy (non-hydrogen) atoms. The van der Waals surface area contributed by atoms with E-state index in [1.54, 1.807) is 0 Å². The average Bonchev–Trinajstić information content (AvgIpc) is 2.77. The van der Waals surface area contributed by atoms with Gasteiger partial charge in [0, 0.05) is 23.5 Å². The molecule has 0 radical (unpaired) electrons. The van der Waals surface area contributed by atoms with E-state index in [0.717, 1.165) is 53.0 Å². The van der Waals surface area contributed by atoms with Gasteiger partial charge in [-0.1, -0.05) is 48.0 Å². The van der Waals surface area contributed by atoms with E-state index in [9.17, 15) is 9.90 Å². The quantitative estimate of drug-likeness (QED) is 0.461. The highest BCUT2D eigenvalue weighted by Gasteiger charge is 2.34. The number of carbonyl (C=O) groups is 1. The zero-order valence-electron chi connectivity index (χ0n) is 20.2. The number of ether oxygens (including phenoxy) is 1. The van der Waals surface area contributed by atoms with Crippen molar-refractivity contribution in [2.75, 3.05) is 11.4 Å². The van der Waals surface area contributed by atoms with Crippen molar-refractivity contribution in [3.8, 4) is 11.1 Å². The summed E-state index contributed by atoms with van der Waals surface area (Å²) < 4.78 is 6.14. The zero-order chi connectivity index (χ0) is 23.8. The smallest absolute Gasteiger partial charge is 0.337 e. The molecule has 0 amide bonds. The standard InChI is InChI=1S/C29H33NO3/c1-19-13-15-21(16-14-19)26-23-12-9-17-30(22-10-7-6-8-11-22)24(23)18-20(2)25(26)27(28(31)32)33-29(3,4)5/h6-8,10-11,13-16,18,27H,9,12,17H2,1-5H3,(H,31,32). The molecule has 4 rings (SSSR count). The first-order chi connectivity index (χ1) is 15.7. The Hall–Kier alpha value is -3.11. The minimum absolute atomic E-state index is 0.591. The summed E-state index contributed by atoms with van der Waals surface area (Å²) in [5, 5.41) is 10.2. The molecule has 1 aliphatic heterocycles. The zero-order valence-corrected chi connectivity index (χ0v) is 20.2. The first-order valence-corrected chi connectivity index (χ1v) is 11.6. The number of fused-ring (bicyclic) bond motifs is 1. The third kappa shape index (κ3) is 4.81. The van der Waals surface area contributed by atoms with Crippen LogP contribution in [0.25, 0.3) is 11.1 Å². The third-order valence-corrected chi connectivity index (χ3v) is 6.12. The van der Waals surface area contributed by atoms with Crippen LogP contribution in [0.3, 0.4) is 0 Å². The molecule has 0 saturated carbocycles. The van der Waals surface area contributed by atoms with Crippen LogP contribution in [-0.4, -0.2) is 23.2 Å². The normalized spacial score (nSPS) is 14.6. The Morgan fingerprint density at radius 2 is 1.70 bits per heavy atom. The molecule has 1 atom stereocenters. The summed E-state index contributed by atoms with van der Waals surface area (Å²) in [6, 6.07) is 20.9. The summed E-state index contributed by atoms with van der Waals surface area (Å²) >= 11 is 0. The van der Waals surface area contributed by atoms with Crippen molar-refractivity contribution in [3.63, 3.8) is 0 Å². The fraction of sp³-hybridized carbons (Fsp3) is 0.345. The van der Waals surface area contributed by atoms with Crippen molar-refractivity contribution in [2.45, 2.75) is 59.2 Å². The van der Waals surface area contributed by atoms with Gasteiger partial charge in [0.15, 0.2) is 6.10 Å². The van der Waals surface area contributed by atoms with Crippen LogP contribution in [0.5, 0.6) is 0 Å². The van der Waals surface area contributed by atoms with Crippen molar-refractivity contribution in [1.82, 2.24) is 0 Å². The van der Waals surface area contributed by atoms with Crippen molar-refractivity contribution < 1.29 is 14.6 Å². The molecular weight excluding hydrogens is 410 g/mol. The van der Waals surface area contributed by atoms with Gasteiger partial charge in [0.1, 0.15) is 0 Å². The molecule has 1 N–H and O–H groups in total. The van der Waals surface area contributed by atoms with Crippen LogP contribution in [0.2, 0.25) is 0 Å². The van der Waals surface area contributed by atoms with Gasteiger partial charge in [-0.2, -0.15) is 0 Å². The van der Waals surface area contributed by atoms with Gasteiger partial charge in [-0.15, -0.1) is 0 Å². The highest BCUT2D eigenvalue weighted by Crippen LogP contribution is 2.45. The van der Waals surface area contributed by atoms with E-state index in [-0.39, 0.29) is 0 Å². The van der Waals surface area contributed by atoms with E-state index < -0.39 is 17.7 Å². The fourth-order valence-corrected chi connectivity index (χ4v) is 4.74. The summed E-state index contributed by atoms with van der Waals surface area (Å²) in [7, 11) is 0. The summed E-state index contributed by atoms with van der Waals surface area (Å²) in [6.45, 7) is 10.7. The second kappa shape index (κ2) is 9.03. The van der Waals surface area contributed by atoms with E-state index in [1.807, 2.05) is 33.8 Å². The fourth-order valence-electron chi connectivity index (χ4n) is 4.74. The molecule has 172 valence electrons. The number of hydrogen-bond acceptors (Lipinski definition) is 3. The SMILES string of the molecule is Cc1ccc(-c2c3c(cc(C)c2C(OC(C)(C)C)C(=O)O)N(c2ccccc2)CCC3)cc1. The Bertz CT molecular complexity index is 1140. The summed E-state index contributed by atoms with van der Waals surface area (Å²) in [6.07, 6.45) is 0.858. The van der Waals surface area contributed by atoms with Gasteiger partial charge in [-0.05, 0) is 87.9 Å². The molecule has 3 aromatic carbocycles. The van der Waals surface area contributed by atoms with Gasteiger partial charge in [-0.25, -0.2) is 4.79 Å². The topological polar surface area (TPSA) is 49.8 Å². The molecule has 1 heterocycles. The lowest BCUT2D eigenvalue weighted by atomic mass is 9.83. The van der Waals surface area contributed by atoms with Crippen molar-refractivity contribution in [1.29, 1.82) is 0 Å². The molecule has 4 heteroatoms. The van der Waals surface area contributed by atoms with Crippen molar-refractivity contribution in [3.05, 3.63) is 82.9 Å². The van der Waals surface area contributed by atoms with Crippen molar-refractivity contribution in [2.24, 2.45) is 0 Å². The largest absolute Gasteiger partial charge is 0.479 e. The van der Waals surface area contributed by atoms with Crippen LogP contribution in [-0.2, 0) is 16.0 Å². The van der Waals surface area contributed by atoms with Crippen LogP contribution in [0, 0.1) is 13.8 Å². The van der Waals surface area contributed by atoms with Gasteiger partial charge in [0.05, 0.1) is 5.60 Å². The lowest BCUT2D eigenvalue weighted by Gasteiger charge is -2.36. The van der Waals surface area contributed by atoms with Gasteiger partial charge < -0.3 is 14.7 Å². The first kappa shape index (κ1) is 23.1. The lowest BCUT2D eigenvalue weighted by molar-refractivity contribution is -0.160. The summed E-state index contributed by atoms with van der Waals surface area (Å²) in [5.41, 5.74) is 7.82. The van der Waals surface area contributed by atoms with Crippen LogP contribution >= 0.6 is 0 Å². The van der Waals surface area contributed by atoms with E-state index in [1.165, 1.54) is 11.1 Å². The van der Waals surface area contributed by atoms with Crippen LogP contribution in [0.15, 0.2) is 60.7 Å². The maximum absolute atomic E-state index is 12.5. The lowest BCUT2D eigenvalue weighted by Crippen LogP contribution is -2.30. The van der Waals surface area contributed by atoms with E-state index >= 15 is 0 Å². The molecule has 0 fully saturated rings. The summed E-state index contributed by atoms with van der Waals surface area (Å²) in [5.74, 6) is -0.961. The molecule has 0 aliphatic carbocycles. The number of benzene rings is 3. The van der Waals surface area contributed by atoms with Gasteiger partial charge in [0.2, 0.25) is 0 Å². The second-order valence-electron chi connectivity index (χ2n) is 9.89. The van der Waals surface area contributed by atoms with E-state index in [0.29, 0.717) is 0 Å². The highest BCUT2D eigenvalue weighted by atomic mass is 16.5. The molecule has 1 aliphatic rings. The van der Waals surface area contributed by atoms with E-state index in [4.69, 9.17) is 4.74 Å². The number of aryl methyl sites for hydroxylation is 2. The van der Waals surface area contributed by atoms with Gasteiger partial charge >= 0.3 is 5.97 Å². The number of aliphatic carboxylic acids is 1. The first-order valence-electron chi connectivity index (χ1n) is 11.6. The van der Waals surface area contributed by atoms with E-state index in [2.05, 4.69) is 66.4 Å². The highest BCUT2D eigenvalue weighted by molar-refractivity contribution is 5.87. The molecule has 4 nitrogen and oxygen atoms in total. The molecule has 1 unspecified atom stereocenters. The average molecular weight is 444 g/mol. The number of carboxylic acids is 1. The molecule has 0 bridgehead atoms. The van der Waals surface area contributed by atoms with Crippen LogP contribution < -0.4 is 4.90 Å². The Balaban J connectivity index is 2.00. The Labute approximate surface area is 196 Å². The number of carboxylic acid groups (broad SMARTS) is 1. The Morgan fingerprint density at radius 3 is 2.30 bits per heavy atom. The number of para-hydroxylation sites is 1.